The molecule has 268 valence electrons. The van der Waals surface area contributed by atoms with Crippen molar-refractivity contribution in [1.82, 2.24) is 34.4 Å². The van der Waals surface area contributed by atoms with Crippen molar-refractivity contribution in [2.75, 3.05) is 26.4 Å². The van der Waals surface area contributed by atoms with Gasteiger partial charge in [0.05, 0.1) is 32.2 Å². The van der Waals surface area contributed by atoms with E-state index in [1.165, 1.54) is 17.1 Å². The lowest BCUT2D eigenvalue weighted by molar-refractivity contribution is -0.122. The minimum absolute atomic E-state index is 0.0235. The number of alkyl halides is 1. The van der Waals surface area contributed by atoms with Crippen LogP contribution in [-0.4, -0.2) is 96.2 Å². The van der Waals surface area contributed by atoms with Crippen molar-refractivity contribution in [1.29, 1.82) is 0 Å². The Morgan fingerprint density at radius 2 is 2.08 bits per heavy atom. The number of ketones is 1. The molecule has 0 spiro atoms. The third-order valence-corrected chi connectivity index (χ3v) is 11.6. The molecule has 1 fully saturated rings. The quantitative estimate of drug-likeness (QED) is 0.218. The number of aromatic nitrogens is 6. The number of halogens is 1. The van der Waals surface area contributed by atoms with Crippen molar-refractivity contribution in [2.45, 2.75) is 65.0 Å². The largest absolute Gasteiger partial charge is 0.346 e. The molecule has 3 aliphatic rings. The van der Waals surface area contributed by atoms with Gasteiger partial charge in [-0.1, -0.05) is 13.8 Å². The van der Waals surface area contributed by atoms with Gasteiger partial charge in [0.1, 0.15) is 48.4 Å². The molecule has 3 aromatic rings. The first kappa shape index (κ1) is 36.8. The van der Waals surface area contributed by atoms with E-state index in [4.69, 9.17) is 57.5 Å². The second-order valence-corrected chi connectivity index (χ2v) is 17.3. The fourth-order valence-electron chi connectivity index (χ4n) is 5.21. The van der Waals surface area contributed by atoms with Crippen LogP contribution in [0.25, 0.3) is 16.0 Å². The van der Waals surface area contributed by atoms with Gasteiger partial charge >= 0.3 is 13.4 Å². The molecule has 6 heterocycles. The Morgan fingerprint density at radius 3 is 2.84 bits per heavy atom. The Balaban J connectivity index is 1.36. The van der Waals surface area contributed by atoms with Gasteiger partial charge < -0.3 is 42.5 Å². The molecule has 3 aliphatic heterocycles. The van der Waals surface area contributed by atoms with E-state index < -0.39 is 50.4 Å². The Kier molecular flexibility index (Phi) is 11.0. The van der Waals surface area contributed by atoms with Gasteiger partial charge in [0.2, 0.25) is 12.5 Å². The van der Waals surface area contributed by atoms with E-state index in [0.717, 1.165) is 0 Å². The molecule has 6 atom stereocenters. The number of nitrogens with one attached hydrogen (secondary N) is 1. The number of fused-ring (bicyclic) bond motifs is 6. The predicted molar refractivity (Wildman–Crippen MR) is 180 cm³/mol. The van der Waals surface area contributed by atoms with Crippen LogP contribution in [0.4, 0.5) is 10.2 Å². The molecule has 0 radical (unpaired) electrons. The SMILES string of the molecule is [C-]#[N+]CCOP1(=S)OCCn2c(nc3cnc(C)nc32)COP(O)(=S)O[C@@H]2[C@H](F)[C@@H](CO1)O[C@H]2n1cnc2c1N=C(NC(=O)C(C)C)CC2=O. The Morgan fingerprint density at radius 1 is 1.28 bits per heavy atom. The highest BCUT2D eigenvalue weighted by Gasteiger charge is 2.51. The highest BCUT2D eigenvalue weighted by Crippen LogP contribution is 2.54. The van der Waals surface area contributed by atoms with Gasteiger partial charge in [-0.2, -0.15) is 0 Å². The van der Waals surface area contributed by atoms with Crippen LogP contribution in [0.5, 0.6) is 0 Å². The number of hydrogen-bond donors (Lipinski definition) is 2. The fraction of sp³-hybridized carbons (Fsp3) is 0.556. The number of imidazole rings is 2. The van der Waals surface area contributed by atoms with E-state index >= 15 is 4.39 Å². The average molecular weight is 772 g/mol. The number of nitrogens with zero attached hydrogens (tertiary/aromatic N) is 8. The zero-order valence-corrected chi connectivity index (χ0v) is 30.3. The number of carbonyl (C=O) groups is 2. The summed E-state index contributed by atoms with van der Waals surface area (Å²) in [5, 5.41) is 2.62. The Bertz CT molecular complexity index is 1990. The van der Waals surface area contributed by atoms with Crippen LogP contribution in [0.2, 0.25) is 0 Å². The molecule has 18 nitrogen and oxygen atoms in total. The number of amides is 1. The lowest BCUT2D eigenvalue weighted by Gasteiger charge is -2.26. The molecule has 2 unspecified atom stereocenters. The number of Topliss-reactive ketones (excluding diaryl/α,β-unsaturated/α-hetero) is 1. The van der Waals surface area contributed by atoms with Gasteiger partial charge in [0.15, 0.2) is 35.3 Å². The minimum Gasteiger partial charge on any atom is -0.346 e. The zero-order chi connectivity index (χ0) is 35.8. The maximum atomic E-state index is 16.4. The maximum Gasteiger partial charge on any atom is 0.327 e. The number of aliphatic imine (C=N–C) groups is 1. The van der Waals surface area contributed by atoms with E-state index in [0.29, 0.717) is 17.0 Å². The second-order valence-electron chi connectivity index (χ2n) is 11.5. The molecule has 2 N–H and O–H groups in total. The number of hydrogen-bond acceptors (Lipinski definition) is 15. The molecule has 6 rings (SSSR count). The average Bonchev–Trinajstić information content (AvgIpc) is 3.72. The van der Waals surface area contributed by atoms with Crippen molar-refractivity contribution < 1.29 is 46.2 Å². The standard InChI is InChI=1S/C27H32FN9O9P2S2/c1-14(2)26(39)35-19-9-17(38)22-25(34-19)37(13-31-22)27-23-21(28)18(45-27)11-44-48(50,41-7-5-29-4)42-8-6-36-20(12-43-47(40,49)46-23)33-16-10-30-15(3)32-24(16)36/h10,13-14,18,21,23,27H,5-9,11-12H2,1-3H3,(H,40,49)(H,34,35,39)/t18-,21-,23-,27-,47?,48?/m1/s1. The smallest absolute Gasteiger partial charge is 0.327 e. The number of carbonyl (C=O) groups excluding carboxylic acids is 2. The molecule has 0 saturated carbocycles. The monoisotopic (exact) mass is 771 g/mol. The summed E-state index contributed by atoms with van der Waals surface area (Å²) < 4.78 is 54.5. The molecular weight excluding hydrogens is 739 g/mol. The van der Waals surface area contributed by atoms with E-state index in [-0.39, 0.29) is 74.3 Å². The first-order valence-corrected chi connectivity index (χ1v) is 20.4. The summed E-state index contributed by atoms with van der Waals surface area (Å²) in [6.07, 6.45) is -3.94. The molecule has 2 bridgehead atoms. The van der Waals surface area contributed by atoms with Gasteiger partial charge in [0.25, 0.3) is 0 Å². The molecule has 0 aliphatic carbocycles. The van der Waals surface area contributed by atoms with Crippen molar-refractivity contribution in [3.8, 4) is 0 Å². The van der Waals surface area contributed by atoms with Crippen molar-refractivity contribution in [3.05, 3.63) is 41.3 Å². The second kappa shape index (κ2) is 14.9. The molecule has 23 heteroatoms. The van der Waals surface area contributed by atoms with Crippen LogP contribution in [0, 0.1) is 19.4 Å². The lowest BCUT2D eigenvalue weighted by Crippen LogP contribution is -2.36. The normalized spacial score (nSPS) is 29.1. The summed E-state index contributed by atoms with van der Waals surface area (Å²) in [5.41, 5.74) is 0.826. The highest BCUT2D eigenvalue weighted by atomic mass is 32.5. The predicted octanol–water partition coefficient (Wildman–Crippen LogP) is 2.98. The van der Waals surface area contributed by atoms with Crippen LogP contribution >= 0.6 is 13.4 Å². The van der Waals surface area contributed by atoms with Gasteiger partial charge in [-0.15, -0.1) is 0 Å². The summed E-state index contributed by atoms with van der Waals surface area (Å²) >= 11 is 11.0. The zero-order valence-electron chi connectivity index (χ0n) is 26.9. The highest BCUT2D eigenvalue weighted by molar-refractivity contribution is 8.07. The summed E-state index contributed by atoms with van der Waals surface area (Å²) in [6.45, 7) is 3.41. The molecule has 1 amide bonds. The van der Waals surface area contributed by atoms with Crippen molar-refractivity contribution in [3.63, 3.8) is 0 Å². The third-order valence-electron chi connectivity index (χ3n) is 7.64. The van der Waals surface area contributed by atoms with Crippen LogP contribution < -0.4 is 5.32 Å². The van der Waals surface area contributed by atoms with Gasteiger partial charge in [-0.25, -0.2) is 35.9 Å². The van der Waals surface area contributed by atoms with Crippen LogP contribution in [0.15, 0.2) is 17.5 Å². The minimum atomic E-state index is -4.24. The van der Waals surface area contributed by atoms with E-state index in [1.807, 2.05) is 0 Å². The molecule has 1 saturated heterocycles. The number of ether oxygens (including phenoxy) is 1. The van der Waals surface area contributed by atoms with Gasteiger partial charge in [-0.3, -0.25) is 18.7 Å². The Hall–Kier alpha value is -2.99. The topological polar surface area (TPSA) is 200 Å². The molecule has 50 heavy (non-hydrogen) atoms. The van der Waals surface area contributed by atoms with E-state index in [1.54, 1.807) is 25.3 Å². The van der Waals surface area contributed by atoms with Crippen LogP contribution in [-0.2, 0) is 68.9 Å². The van der Waals surface area contributed by atoms with Gasteiger partial charge in [-0.05, 0) is 30.5 Å². The van der Waals surface area contributed by atoms with Crippen molar-refractivity contribution in [2.24, 2.45) is 10.9 Å². The number of amidine groups is 1. The maximum absolute atomic E-state index is 16.4. The fourth-order valence-corrected chi connectivity index (χ4v) is 8.33. The first-order chi connectivity index (χ1) is 23.8. The van der Waals surface area contributed by atoms with Crippen molar-refractivity contribution >= 4 is 71.6 Å². The summed E-state index contributed by atoms with van der Waals surface area (Å²) in [7, 11) is 0. The summed E-state index contributed by atoms with van der Waals surface area (Å²) in [5.74, 6) is -0.407. The summed E-state index contributed by atoms with van der Waals surface area (Å²) in [4.78, 5) is 61.7. The summed E-state index contributed by atoms with van der Waals surface area (Å²) in [6, 6.07) is 0. The lowest BCUT2D eigenvalue weighted by atomic mass is 10.1. The molecule has 3 aromatic heterocycles. The Labute approximate surface area is 295 Å². The van der Waals surface area contributed by atoms with Crippen LogP contribution in [0.3, 0.4) is 0 Å². The molecular formula is C27H32FN9O9P2S2. The molecule has 0 aromatic carbocycles. The third kappa shape index (κ3) is 7.91. The van der Waals surface area contributed by atoms with E-state index in [9.17, 15) is 14.5 Å². The number of aryl methyl sites for hydroxylation is 1. The van der Waals surface area contributed by atoms with Gasteiger partial charge in [0, 0.05) is 12.5 Å². The van der Waals surface area contributed by atoms with Crippen LogP contribution in [0.1, 0.15) is 48.6 Å². The van der Waals surface area contributed by atoms with E-state index in [2.05, 4.69) is 35.1 Å². The number of rotatable bonds is 5. The first-order valence-electron chi connectivity index (χ1n) is 15.3.